The molecule has 4 rings (SSSR count). The Morgan fingerprint density at radius 2 is 1.89 bits per heavy atom. The predicted molar refractivity (Wildman–Crippen MR) is 128 cm³/mol. The lowest BCUT2D eigenvalue weighted by Crippen LogP contribution is -2.44. The zero-order chi connectivity index (χ0) is 27.4. The van der Waals surface area contributed by atoms with Crippen LogP contribution in [0.25, 0.3) is 0 Å². The molecule has 0 bridgehead atoms. The zero-order valence-electron chi connectivity index (χ0n) is 19.5. The van der Waals surface area contributed by atoms with Gasteiger partial charge in [0.2, 0.25) is 5.88 Å². The standard InChI is InChI=1S/C24H21ClF6N4O2S/c25-14-3-1-4-15(26)19(14)23(36)32-11-16(21-20(22(27)28)33-12-38-21)35-9-7-13(8-10-35)37-18-6-2-5-17(34-18)24(29,30)31/h1-6,12-13,16,22H,7-11H2,(H,32,36). The molecule has 3 heterocycles. The first-order chi connectivity index (χ1) is 18.0. The number of carbonyl (C=O) groups excluding carboxylic acids is 1. The maximum atomic E-state index is 14.2. The van der Waals surface area contributed by atoms with Gasteiger partial charge in [-0.15, -0.1) is 11.3 Å². The van der Waals surface area contributed by atoms with Crippen LogP contribution in [0.15, 0.2) is 41.9 Å². The van der Waals surface area contributed by atoms with E-state index in [4.69, 9.17) is 16.3 Å². The van der Waals surface area contributed by atoms with Crippen LogP contribution in [0.3, 0.4) is 0 Å². The Kier molecular flexibility index (Phi) is 8.78. The topological polar surface area (TPSA) is 67.4 Å². The highest BCUT2D eigenvalue weighted by Gasteiger charge is 2.34. The fourth-order valence-electron chi connectivity index (χ4n) is 4.17. The van der Waals surface area contributed by atoms with E-state index in [-0.39, 0.29) is 27.9 Å². The Morgan fingerprint density at radius 1 is 1.18 bits per heavy atom. The minimum atomic E-state index is -4.61. The van der Waals surface area contributed by atoms with Gasteiger partial charge in [0.25, 0.3) is 12.3 Å². The number of benzene rings is 1. The number of piperidine rings is 1. The third-order valence-corrected chi connectivity index (χ3v) is 7.26. The predicted octanol–water partition coefficient (Wildman–Crippen LogP) is 6.30. The third kappa shape index (κ3) is 6.56. The fourth-order valence-corrected chi connectivity index (χ4v) is 5.35. The SMILES string of the molecule is O=C(NCC(c1scnc1C(F)F)N1CCC(Oc2cccc(C(F)(F)F)n2)CC1)c1c(F)cccc1Cl. The molecule has 0 aliphatic carbocycles. The second-order valence-corrected chi connectivity index (χ2v) is 9.73. The van der Waals surface area contributed by atoms with Crippen molar-refractivity contribution in [2.45, 2.75) is 37.6 Å². The second-order valence-electron chi connectivity index (χ2n) is 8.44. The van der Waals surface area contributed by atoms with Crippen LogP contribution in [-0.4, -0.2) is 46.5 Å². The molecule has 1 aliphatic rings. The number of ether oxygens (including phenoxy) is 1. The van der Waals surface area contributed by atoms with Crippen LogP contribution in [0, 0.1) is 5.82 Å². The molecular weight excluding hydrogens is 558 g/mol. The molecule has 2 aromatic heterocycles. The van der Waals surface area contributed by atoms with Crippen LogP contribution < -0.4 is 10.1 Å². The number of amides is 1. The summed E-state index contributed by atoms with van der Waals surface area (Å²) in [6.45, 7) is 0.516. The number of alkyl halides is 5. The van der Waals surface area contributed by atoms with Crippen molar-refractivity contribution in [2.24, 2.45) is 0 Å². The van der Waals surface area contributed by atoms with Crippen LogP contribution in [0.2, 0.25) is 5.02 Å². The molecular formula is C24H21ClF6N4O2S. The van der Waals surface area contributed by atoms with Crippen LogP contribution in [-0.2, 0) is 6.18 Å². The highest BCUT2D eigenvalue weighted by molar-refractivity contribution is 7.09. The van der Waals surface area contributed by atoms with Gasteiger partial charge in [0, 0.05) is 25.7 Å². The molecule has 1 unspecified atom stereocenters. The molecule has 1 N–H and O–H groups in total. The molecule has 38 heavy (non-hydrogen) atoms. The number of pyridine rings is 1. The van der Waals surface area contributed by atoms with E-state index in [9.17, 15) is 31.1 Å². The molecule has 14 heteroatoms. The van der Waals surface area contributed by atoms with Crippen molar-refractivity contribution < 1.29 is 35.9 Å². The Balaban J connectivity index is 1.47. The lowest BCUT2D eigenvalue weighted by Gasteiger charge is -2.37. The third-order valence-electron chi connectivity index (χ3n) is 6.00. The van der Waals surface area contributed by atoms with Gasteiger partial charge in [-0.05, 0) is 31.0 Å². The van der Waals surface area contributed by atoms with Gasteiger partial charge in [-0.2, -0.15) is 13.2 Å². The number of nitrogens with one attached hydrogen (secondary N) is 1. The minimum absolute atomic E-state index is 0.0914. The first-order valence-corrected chi connectivity index (χ1v) is 12.7. The summed E-state index contributed by atoms with van der Waals surface area (Å²) in [7, 11) is 0. The Morgan fingerprint density at radius 3 is 2.55 bits per heavy atom. The minimum Gasteiger partial charge on any atom is -0.474 e. The number of aromatic nitrogens is 2. The van der Waals surface area contributed by atoms with Gasteiger partial charge < -0.3 is 10.1 Å². The molecule has 0 radical (unpaired) electrons. The van der Waals surface area contributed by atoms with Crippen molar-refractivity contribution >= 4 is 28.8 Å². The van der Waals surface area contributed by atoms with E-state index in [1.165, 1.54) is 29.8 Å². The van der Waals surface area contributed by atoms with Crippen molar-refractivity contribution in [3.63, 3.8) is 0 Å². The average Bonchev–Trinajstić information content (AvgIpc) is 3.35. The van der Waals surface area contributed by atoms with Gasteiger partial charge >= 0.3 is 6.18 Å². The number of likely N-dealkylation sites (tertiary alicyclic amines) is 1. The van der Waals surface area contributed by atoms with Gasteiger partial charge in [-0.3, -0.25) is 9.69 Å². The van der Waals surface area contributed by atoms with E-state index in [0.717, 1.165) is 23.5 Å². The van der Waals surface area contributed by atoms with E-state index in [1.807, 2.05) is 4.90 Å². The smallest absolute Gasteiger partial charge is 0.433 e. The summed E-state index contributed by atoms with van der Waals surface area (Å²) < 4.78 is 86.0. The summed E-state index contributed by atoms with van der Waals surface area (Å²) in [4.78, 5) is 22.1. The number of carbonyl (C=O) groups is 1. The summed E-state index contributed by atoms with van der Waals surface area (Å²) in [5.41, 5.74) is -0.547. The quantitative estimate of drug-likeness (QED) is 0.318. The summed E-state index contributed by atoms with van der Waals surface area (Å²) in [5.74, 6) is -1.78. The lowest BCUT2D eigenvalue weighted by atomic mass is 10.0. The van der Waals surface area contributed by atoms with E-state index in [1.54, 1.807) is 0 Å². The highest BCUT2D eigenvalue weighted by Crippen LogP contribution is 2.35. The zero-order valence-corrected chi connectivity index (χ0v) is 21.1. The van der Waals surface area contributed by atoms with Crippen LogP contribution in [0.1, 0.15) is 51.9 Å². The second kappa shape index (κ2) is 11.9. The van der Waals surface area contributed by atoms with E-state index < -0.39 is 47.9 Å². The maximum Gasteiger partial charge on any atom is 0.433 e. The summed E-state index contributed by atoms with van der Waals surface area (Å²) in [5, 5.41) is 2.49. The molecule has 0 saturated carbocycles. The molecule has 204 valence electrons. The maximum absolute atomic E-state index is 14.2. The number of halogens is 7. The largest absolute Gasteiger partial charge is 0.474 e. The number of rotatable bonds is 8. The van der Waals surface area contributed by atoms with Gasteiger partial charge in [0.15, 0.2) is 0 Å². The lowest BCUT2D eigenvalue weighted by molar-refractivity contribution is -0.141. The first-order valence-electron chi connectivity index (χ1n) is 11.4. The van der Waals surface area contributed by atoms with Crippen LogP contribution in [0.5, 0.6) is 5.88 Å². The molecule has 1 atom stereocenters. The Hall–Kier alpha value is -2.90. The molecule has 6 nitrogen and oxygen atoms in total. The van der Waals surface area contributed by atoms with Gasteiger partial charge in [0.05, 0.1) is 27.0 Å². The monoisotopic (exact) mass is 578 g/mol. The highest BCUT2D eigenvalue weighted by atomic mass is 35.5. The van der Waals surface area contributed by atoms with Crippen molar-refractivity contribution in [2.75, 3.05) is 19.6 Å². The molecule has 3 aromatic rings. The molecule has 1 amide bonds. The van der Waals surface area contributed by atoms with Gasteiger partial charge in [-0.1, -0.05) is 23.7 Å². The summed E-state index contributed by atoms with van der Waals surface area (Å²) in [6, 6.07) is 6.47. The Bertz CT molecular complexity index is 1250. The van der Waals surface area contributed by atoms with Crippen molar-refractivity contribution in [1.29, 1.82) is 0 Å². The number of thiazole rings is 1. The molecule has 1 saturated heterocycles. The van der Waals surface area contributed by atoms with Crippen LogP contribution in [0.4, 0.5) is 26.3 Å². The molecule has 0 spiro atoms. The molecule has 1 aromatic carbocycles. The molecule has 1 aliphatic heterocycles. The van der Waals surface area contributed by atoms with E-state index >= 15 is 0 Å². The van der Waals surface area contributed by atoms with Crippen LogP contribution >= 0.6 is 22.9 Å². The van der Waals surface area contributed by atoms with Gasteiger partial charge in [-0.25, -0.2) is 23.1 Å². The normalized spacial score (nSPS) is 16.0. The van der Waals surface area contributed by atoms with Crippen molar-refractivity contribution in [3.05, 3.63) is 74.6 Å². The number of hydrogen-bond donors (Lipinski definition) is 1. The van der Waals surface area contributed by atoms with Gasteiger partial charge in [0.1, 0.15) is 23.3 Å². The van der Waals surface area contributed by atoms with E-state index in [2.05, 4.69) is 15.3 Å². The number of nitrogens with zero attached hydrogens (tertiary/aromatic N) is 3. The molecule has 1 fully saturated rings. The Labute approximate surface area is 222 Å². The van der Waals surface area contributed by atoms with E-state index in [0.29, 0.717) is 25.9 Å². The van der Waals surface area contributed by atoms with Crippen molar-refractivity contribution in [1.82, 2.24) is 20.2 Å². The number of hydrogen-bond acceptors (Lipinski definition) is 6. The summed E-state index contributed by atoms with van der Waals surface area (Å²) >= 11 is 6.98. The first kappa shape index (κ1) is 28.1. The summed E-state index contributed by atoms with van der Waals surface area (Å²) in [6.07, 6.45) is -7.17. The average molecular weight is 579 g/mol. The fraction of sp³-hybridized carbons (Fsp3) is 0.375. The van der Waals surface area contributed by atoms with Crippen molar-refractivity contribution in [3.8, 4) is 5.88 Å².